The Kier molecular flexibility index (Phi) is 3.98. The lowest BCUT2D eigenvalue weighted by Crippen LogP contribution is -2.58. The van der Waals surface area contributed by atoms with Crippen LogP contribution in [0.3, 0.4) is 0 Å². The zero-order valence-corrected chi connectivity index (χ0v) is 16.4. The van der Waals surface area contributed by atoms with Gasteiger partial charge in [0.2, 0.25) is 5.91 Å². The van der Waals surface area contributed by atoms with E-state index in [-0.39, 0.29) is 10.3 Å². The Balaban J connectivity index is 1.44. The van der Waals surface area contributed by atoms with Crippen LogP contribution in [-0.4, -0.2) is 15.7 Å². The number of alkyl halides is 1. The van der Waals surface area contributed by atoms with Gasteiger partial charge in [-0.25, -0.2) is 0 Å². The number of furan rings is 1. The molecule has 0 N–H and O–H groups in total. The lowest BCUT2D eigenvalue weighted by atomic mass is 9.49. The zero-order chi connectivity index (χ0) is 17.8. The van der Waals surface area contributed by atoms with Crippen molar-refractivity contribution in [2.45, 2.75) is 56.5 Å². The number of carbonyl (C=O) groups is 1. The molecule has 4 aliphatic carbocycles. The van der Waals surface area contributed by atoms with Crippen LogP contribution in [0, 0.1) is 17.3 Å². The number of amides is 1. The van der Waals surface area contributed by atoms with Crippen molar-refractivity contribution >= 4 is 28.8 Å². The number of rotatable bonds is 5. The van der Waals surface area contributed by atoms with Crippen molar-refractivity contribution < 1.29 is 9.21 Å². The van der Waals surface area contributed by atoms with Crippen molar-refractivity contribution in [3.63, 3.8) is 0 Å². The Morgan fingerprint density at radius 1 is 1.19 bits per heavy atom. The lowest BCUT2D eigenvalue weighted by molar-refractivity contribution is -0.157. The maximum absolute atomic E-state index is 13.8. The Labute approximate surface area is 163 Å². The molecule has 0 spiro atoms. The topological polar surface area (TPSA) is 33.5 Å². The minimum atomic E-state index is -0.254. The van der Waals surface area contributed by atoms with Crippen LogP contribution in [0.2, 0.25) is 0 Å². The van der Waals surface area contributed by atoms with Crippen LogP contribution in [0.15, 0.2) is 40.3 Å². The van der Waals surface area contributed by atoms with Crippen LogP contribution >= 0.6 is 22.9 Å². The maximum atomic E-state index is 13.8. The van der Waals surface area contributed by atoms with E-state index in [4.69, 9.17) is 16.0 Å². The van der Waals surface area contributed by atoms with Gasteiger partial charge in [-0.05, 0) is 73.9 Å². The molecule has 0 aliphatic heterocycles. The van der Waals surface area contributed by atoms with E-state index in [1.54, 1.807) is 17.6 Å². The summed E-state index contributed by atoms with van der Waals surface area (Å²) in [6, 6.07) is 8.00. The summed E-state index contributed by atoms with van der Waals surface area (Å²) in [7, 11) is 0. The summed E-state index contributed by atoms with van der Waals surface area (Å²) in [5, 5.41) is 2.07. The van der Waals surface area contributed by atoms with Crippen molar-refractivity contribution in [1.82, 2.24) is 4.90 Å². The number of carbonyl (C=O) groups excluding carboxylic acids is 1. The average molecular weight is 390 g/mol. The van der Waals surface area contributed by atoms with E-state index in [0.29, 0.717) is 30.8 Å². The normalized spacial score (nSPS) is 35.0. The molecule has 6 rings (SSSR count). The van der Waals surface area contributed by atoms with Gasteiger partial charge in [0, 0.05) is 9.75 Å². The first-order valence-corrected chi connectivity index (χ1v) is 10.8. The highest BCUT2D eigenvalue weighted by atomic mass is 35.5. The van der Waals surface area contributed by atoms with Gasteiger partial charge in [0.05, 0.1) is 24.8 Å². The minimum absolute atomic E-state index is 0.140. The fourth-order valence-corrected chi connectivity index (χ4v) is 7.53. The number of nitrogens with zero attached hydrogens (tertiary/aromatic N) is 1. The average Bonchev–Trinajstić information content (AvgIpc) is 3.25. The van der Waals surface area contributed by atoms with E-state index in [2.05, 4.69) is 11.4 Å². The van der Waals surface area contributed by atoms with Crippen molar-refractivity contribution in [2.75, 3.05) is 0 Å². The van der Waals surface area contributed by atoms with Gasteiger partial charge in [0.25, 0.3) is 0 Å². The lowest BCUT2D eigenvalue weighted by Gasteiger charge is -2.59. The van der Waals surface area contributed by atoms with Crippen LogP contribution in [0.5, 0.6) is 0 Å². The van der Waals surface area contributed by atoms with Gasteiger partial charge in [0.15, 0.2) is 0 Å². The molecule has 2 atom stereocenters. The van der Waals surface area contributed by atoms with Crippen LogP contribution < -0.4 is 0 Å². The molecule has 0 radical (unpaired) electrons. The molecule has 138 valence electrons. The van der Waals surface area contributed by atoms with E-state index < -0.39 is 0 Å². The van der Waals surface area contributed by atoms with Crippen molar-refractivity contribution in [2.24, 2.45) is 17.3 Å². The number of halogens is 1. The number of hydrogen-bond donors (Lipinski definition) is 0. The third-order valence-corrected chi connectivity index (χ3v) is 7.89. The first kappa shape index (κ1) is 16.9. The Bertz CT molecular complexity index is 735. The first-order chi connectivity index (χ1) is 12.5. The van der Waals surface area contributed by atoms with Crippen molar-refractivity contribution in [1.29, 1.82) is 0 Å². The van der Waals surface area contributed by atoms with Crippen LogP contribution in [0.4, 0.5) is 0 Å². The molecule has 4 aliphatic rings. The van der Waals surface area contributed by atoms with Crippen LogP contribution in [-0.2, 0) is 17.9 Å². The summed E-state index contributed by atoms with van der Waals surface area (Å²) in [5.74, 6) is 2.40. The standard InChI is InChI=1S/C21H24ClNO2S/c22-21-10-15-7-16(11-21)9-20(8-15,14-21)19(24)23(12-17-3-1-5-25-17)13-18-4-2-6-26-18/h1-6,15-16H,7-14H2/t15-,16-,20?,21?/m1/s1. The summed E-state index contributed by atoms with van der Waals surface area (Å²) in [5.41, 5.74) is -0.254. The molecule has 2 aromatic rings. The predicted molar refractivity (Wildman–Crippen MR) is 103 cm³/mol. The predicted octanol–water partition coefficient (Wildman–Crippen LogP) is 5.45. The molecule has 4 fully saturated rings. The molecule has 4 bridgehead atoms. The van der Waals surface area contributed by atoms with Crippen molar-refractivity contribution in [3.8, 4) is 0 Å². The second kappa shape index (κ2) is 6.13. The molecule has 5 heteroatoms. The smallest absolute Gasteiger partial charge is 0.229 e. The van der Waals surface area contributed by atoms with E-state index in [1.807, 2.05) is 23.1 Å². The van der Waals surface area contributed by atoms with Gasteiger partial charge < -0.3 is 9.32 Å². The molecule has 0 aromatic carbocycles. The highest BCUT2D eigenvalue weighted by molar-refractivity contribution is 7.09. The van der Waals surface area contributed by atoms with Crippen molar-refractivity contribution in [3.05, 3.63) is 46.5 Å². The SMILES string of the molecule is O=C(N(Cc1ccco1)Cc1cccs1)C12C[C@H]3C[C@@H](CC(Cl)(C3)C1)C2. The number of thiophene rings is 1. The highest BCUT2D eigenvalue weighted by Gasteiger charge is 2.60. The van der Waals surface area contributed by atoms with Gasteiger partial charge in [-0.1, -0.05) is 6.07 Å². The second-order valence-corrected chi connectivity index (χ2v) is 10.5. The zero-order valence-electron chi connectivity index (χ0n) is 14.8. The molecule has 3 nitrogen and oxygen atoms in total. The first-order valence-electron chi connectivity index (χ1n) is 9.57. The van der Waals surface area contributed by atoms with Gasteiger partial charge in [-0.15, -0.1) is 22.9 Å². The van der Waals surface area contributed by atoms with E-state index in [1.165, 1.54) is 11.3 Å². The van der Waals surface area contributed by atoms with Crippen LogP contribution in [0.25, 0.3) is 0 Å². The van der Waals surface area contributed by atoms with E-state index in [9.17, 15) is 4.79 Å². The summed E-state index contributed by atoms with van der Waals surface area (Å²) >= 11 is 8.67. The molecule has 0 unspecified atom stereocenters. The summed E-state index contributed by atoms with van der Waals surface area (Å²) < 4.78 is 5.56. The summed E-state index contributed by atoms with van der Waals surface area (Å²) in [4.78, 5) is 16.9. The quantitative estimate of drug-likeness (QED) is 0.637. The van der Waals surface area contributed by atoms with Gasteiger partial charge >= 0.3 is 0 Å². The maximum Gasteiger partial charge on any atom is 0.229 e. The molecule has 1 amide bonds. The fraction of sp³-hybridized carbons (Fsp3) is 0.571. The molecular formula is C21H24ClNO2S. The molecule has 26 heavy (non-hydrogen) atoms. The fourth-order valence-electron chi connectivity index (χ4n) is 6.12. The summed E-state index contributed by atoms with van der Waals surface area (Å²) in [6.07, 6.45) is 8.05. The monoisotopic (exact) mass is 389 g/mol. The Morgan fingerprint density at radius 3 is 2.62 bits per heavy atom. The summed E-state index contributed by atoms with van der Waals surface area (Å²) in [6.45, 7) is 1.19. The Morgan fingerprint density at radius 2 is 2.00 bits per heavy atom. The van der Waals surface area contributed by atoms with Gasteiger partial charge in [-0.2, -0.15) is 0 Å². The number of hydrogen-bond acceptors (Lipinski definition) is 3. The van der Waals surface area contributed by atoms with E-state index >= 15 is 0 Å². The largest absolute Gasteiger partial charge is 0.467 e. The van der Waals surface area contributed by atoms with Gasteiger partial charge in [0.1, 0.15) is 5.76 Å². The minimum Gasteiger partial charge on any atom is -0.467 e. The second-order valence-electron chi connectivity index (χ2n) is 8.71. The van der Waals surface area contributed by atoms with Gasteiger partial charge in [-0.3, -0.25) is 4.79 Å². The molecule has 2 heterocycles. The molecule has 0 saturated heterocycles. The third kappa shape index (κ3) is 2.91. The van der Waals surface area contributed by atoms with Crippen LogP contribution in [0.1, 0.15) is 49.2 Å². The highest BCUT2D eigenvalue weighted by Crippen LogP contribution is 2.64. The van der Waals surface area contributed by atoms with E-state index in [0.717, 1.165) is 37.9 Å². The molecule has 2 aromatic heterocycles. The Hall–Kier alpha value is -1.26. The molecule has 4 saturated carbocycles. The third-order valence-electron chi connectivity index (χ3n) is 6.58. The molecular weight excluding hydrogens is 366 g/mol.